The number of carbonyl (C=O) groups excluding carboxylic acids is 2. The fraction of sp³-hybridized carbons (Fsp3) is 0.824. The number of amides is 3. The van der Waals surface area contributed by atoms with Crippen molar-refractivity contribution >= 4 is 18.1 Å². The van der Waals surface area contributed by atoms with E-state index in [1.54, 1.807) is 7.05 Å². The van der Waals surface area contributed by atoms with Gasteiger partial charge in [-0.15, -0.1) is 0 Å². The van der Waals surface area contributed by atoms with E-state index in [-0.39, 0.29) is 0 Å². The van der Waals surface area contributed by atoms with Gasteiger partial charge in [-0.05, 0) is 32.6 Å². The van der Waals surface area contributed by atoms with Crippen molar-refractivity contribution in [3.8, 4) is 0 Å². The van der Waals surface area contributed by atoms with E-state index < -0.39 is 12.1 Å². The predicted molar refractivity (Wildman–Crippen MR) is 95.1 cm³/mol. The van der Waals surface area contributed by atoms with Crippen molar-refractivity contribution in [1.82, 2.24) is 15.1 Å². The summed E-state index contributed by atoms with van der Waals surface area (Å²) in [5.41, 5.74) is 0. The normalized spacial score (nSPS) is 16.2. The summed E-state index contributed by atoms with van der Waals surface area (Å²) in [5.74, 6) is 0.840. The molecule has 3 amide bonds. The molecule has 138 valence electrons. The highest BCUT2D eigenvalue weighted by molar-refractivity contribution is 5.99. The van der Waals surface area contributed by atoms with Gasteiger partial charge in [-0.3, -0.25) is 4.90 Å². The first-order valence-corrected chi connectivity index (χ1v) is 8.96. The Bertz CT molecular complexity index is 428. The molecule has 7 heteroatoms. The minimum atomic E-state index is -0.544. The number of carbonyl (C=O) groups is 2. The summed E-state index contributed by atoms with van der Waals surface area (Å²) < 4.78 is 4.73. The minimum Gasteiger partial charge on any atom is -0.452 e. The third-order valence-corrected chi connectivity index (χ3v) is 4.51. The van der Waals surface area contributed by atoms with Crippen LogP contribution in [0.4, 0.5) is 9.59 Å². The van der Waals surface area contributed by atoms with Crippen LogP contribution >= 0.6 is 0 Å². The first-order chi connectivity index (χ1) is 11.5. The number of ether oxygens (including phenoxy) is 1. The summed E-state index contributed by atoms with van der Waals surface area (Å²) in [6, 6.07) is -0.406. The van der Waals surface area contributed by atoms with Gasteiger partial charge < -0.3 is 15.0 Å². The Morgan fingerprint density at radius 1 is 1.12 bits per heavy atom. The number of urea groups is 1. The van der Waals surface area contributed by atoms with Crippen LogP contribution in [0.3, 0.4) is 0 Å². The molecule has 0 aromatic heterocycles. The van der Waals surface area contributed by atoms with Crippen LogP contribution < -0.4 is 5.32 Å². The van der Waals surface area contributed by atoms with Gasteiger partial charge >= 0.3 is 12.1 Å². The molecule has 0 aromatic rings. The third kappa shape index (κ3) is 6.37. The molecule has 1 aliphatic carbocycles. The van der Waals surface area contributed by atoms with Gasteiger partial charge in [0.1, 0.15) is 0 Å². The van der Waals surface area contributed by atoms with Crippen molar-refractivity contribution in [3.05, 3.63) is 0 Å². The number of hydrogen-bond donors (Lipinski definition) is 1. The van der Waals surface area contributed by atoms with Crippen molar-refractivity contribution < 1.29 is 14.3 Å². The van der Waals surface area contributed by atoms with Gasteiger partial charge in [0.15, 0.2) is 0 Å². The SMILES string of the molecule is CCN(CC)/C(=N\C(=O)NCC1CCCCCC1)N(C)C(=O)OC. The average Bonchev–Trinajstić information content (AvgIpc) is 2.87. The first kappa shape index (κ1) is 20.3. The Morgan fingerprint density at radius 2 is 1.71 bits per heavy atom. The molecular formula is C17H32N4O3. The molecular weight excluding hydrogens is 308 g/mol. The standard InChI is InChI=1S/C17H32N4O3/c1-5-21(6-2)16(20(3)17(23)24-4)19-15(22)18-13-14-11-9-7-8-10-12-14/h14H,5-13H2,1-4H3,(H,18,22)/b19-16-. The molecule has 1 aliphatic rings. The lowest BCUT2D eigenvalue weighted by Gasteiger charge is -2.28. The Morgan fingerprint density at radius 3 is 2.21 bits per heavy atom. The lowest BCUT2D eigenvalue weighted by Crippen LogP contribution is -2.46. The number of nitrogens with one attached hydrogen (secondary N) is 1. The van der Waals surface area contributed by atoms with E-state index >= 15 is 0 Å². The number of nitrogens with zero attached hydrogens (tertiary/aromatic N) is 3. The molecule has 0 aromatic carbocycles. The molecule has 0 saturated heterocycles. The number of methoxy groups -OCH3 is 1. The van der Waals surface area contributed by atoms with Crippen molar-refractivity contribution in [2.75, 3.05) is 33.8 Å². The summed E-state index contributed by atoms with van der Waals surface area (Å²) in [7, 11) is 2.87. The average molecular weight is 340 g/mol. The zero-order valence-corrected chi connectivity index (χ0v) is 15.5. The highest BCUT2D eigenvalue weighted by atomic mass is 16.5. The lowest BCUT2D eigenvalue weighted by molar-refractivity contribution is 0.148. The summed E-state index contributed by atoms with van der Waals surface area (Å²) in [6.45, 7) is 5.84. The van der Waals surface area contributed by atoms with Crippen molar-refractivity contribution in [2.24, 2.45) is 10.9 Å². The number of hydrogen-bond acceptors (Lipinski definition) is 3. The van der Waals surface area contributed by atoms with E-state index in [0.717, 1.165) is 12.8 Å². The second-order valence-electron chi connectivity index (χ2n) is 6.16. The molecule has 7 nitrogen and oxygen atoms in total. The number of rotatable bonds is 4. The van der Waals surface area contributed by atoms with Crippen LogP contribution in [0.15, 0.2) is 4.99 Å². The highest BCUT2D eigenvalue weighted by Crippen LogP contribution is 2.22. The van der Waals surface area contributed by atoms with Gasteiger partial charge in [0.05, 0.1) is 7.11 Å². The molecule has 0 bridgehead atoms. The minimum absolute atomic E-state index is 0.310. The summed E-state index contributed by atoms with van der Waals surface area (Å²) in [4.78, 5) is 31.2. The first-order valence-electron chi connectivity index (χ1n) is 8.96. The number of guanidine groups is 1. The second-order valence-corrected chi connectivity index (χ2v) is 6.16. The maximum absolute atomic E-state index is 12.2. The Kier molecular flexibility index (Phi) is 9.19. The monoisotopic (exact) mass is 340 g/mol. The summed E-state index contributed by atoms with van der Waals surface area (Å²) in [6.07, 6.45) is 6.83. The van der Waals surface area contributed by atoms with Gasteiger partial charge in [-0.25, -0.2) is 9.59 Å². The van der Waals surface area contributed by atoms with Crippen molar-refractivity contribution in [3.63, 3.8) is 0 Å². The molecule has 1 saturated carbocycles. The highest BCUT2D eigenvalue weighted by Gasteiger charge is 2.21. The fourth-order valence-corrected chi connectivity index (χ4v) is 3.01. The van der Waals surface area contributed by atoms with E-state index in [1.165, 1.54) is 37.7 Å². The van der Waals surface area contributed by atoms with E-state index in [9.17, 15) is 9.59 Å². The van der Waals surface area contributed by atoms with Crippen LogP contribution in [0.2, 0.25) is 0 Å². The molecule has 0 aliphatic heterocycles. The van der Waals surface area contributed by atoms with E-state index in [4.69, 9.17) is 4.74 Å². The van der Waals surface area contributed by atoms with Crippen LogP contribution in [0.1, 0.15) is 52.4 Å². The molecule has 1 fully saturated rings. The van der Waals surface area contributed by atoms with Crippen molar-refractivity contribution in [1.29, 1.82) is 0 Å². The Balaban J connectivity index is 2.72. The molecule has 0 atom stereocenters. The van der Waals surface area contributed by atoms with Crippen LogP contribution in [0, 0.1) is 5.92 Å². The topological polar surface area (TPSA) is 74.2 Å². The number of aliphatic imine (C=N–C) groups is 1. The Labute approximate surface area is 145 Å². The molecule has 1 N–H and O–H groups in total. The van der Waals surface area contributed by atoms with Gasteiger partial charge in [-0.2, -0.15) is 4.99 Å². The summed E-state index contributed by atoms with van der Waals surface area (Å²) >= 11 is 0. The van der Waals surface area contributed by atoms with E-state index in [2.05, 4.69) is 10.3 Å². The molecule has 0 unspecified atom stereocenters. The zero-order valence-electron chi connectivity index (χ0n) is 15.5. The molecule has 0 spiro atoms. The summed E-state index contributed by atoms with van der Waals surface area (Å²) in [5, 5.41) is 2.89. The smallest absolute Gasteiger partial charge is 0.416 e. The molecule has 1 rings (SSSR count). The second kappa shape index (κ2) is 10.9. The van der Waals surface area contributed by atoms with Crippen LogP contribution in [0.25, 0.3) is 0 Å². The van der Waals surface area contributed by atoms with Gasteiger partial charge in [0, 0.05) is 26.7 Å². The Hall–Kier alpha value is -1.79. The van der Waals surface area contributed by atoms with E-state index in [0.29, 0.717) is 31.5 Å². The predicted octanol–water partition coefficient (Wildman–Crippen LogP) is 3.06. The lowest BCUT2D eigenvalue weighted by atomic mass is 10.0. The molecule has 0 radical (unpaired) electrons. The zero-order chi connectivity index (χ0) is 17.9. The van der Waals surface area contributed by atoms with Crippen LogP contribution in [-0.2, 0) is 4.74 Å². The van der Waals surface area contributed by atoms with Crippen molar-refractivity contribution in [2.45, 2.75) is 52.4 Å². The van der Waals surface area contributed by atoms with Gasteiger partial charge in [-0.1, -0.05) is 25.7 Å². The van der Waals surface area contributed by atoms with E-state index in [1.807, 2.05) is 18.7 Å². The molecule has 0 heterocycles. The van der Waals surface area contributed by atoms with Gasteiger partial charge in [0.25, 0.3) is 0 Å². The third-order valence-electron chi connectivity index (χ3n) is 4.51. The van der Waals surface area contributed by atoms with Gasteiger partial charge in [0.2, 0.25) is 5.96 Å². The molecule has 24 heavy (non-hydrogen) atoms. The van der Waals surface area contributed by atoms with Crippen LogP contribution in [-0.4, -0.2) is 61.7 Å². The fourth-order valence-electron chi connectivity index (χ4n) is 3.01. The maximum Gasteiger partial charge on any atom is 0.416 e. The van der Waals surface area contributed by atoms with Crippen LogP contribution in [0.5, 0.6) is 0 Å². The quantitative estimate of drug-likeness (QED) is 0.485. The maximum atomic E-state index is 12.2. The largest absolute Gasteiger partial charge is 0.452 e.